The first kappa shape index (κ1) is 30.2. The first-order valence-corrected chi connectivity index (χ1v) is 18.0. The number of rotatable bonds is 6. The molecule has 7 aromatic carbocycles. The van der Waals surface area contributed by atoms with Crippen LogP contribution in [0.25, 0.3) is 38.6 Å². The van der Waals surface area contributed by atoms with Crippen LogP contribution in [0.4, 0.5) is 17.1 Å². The number of allylic oxidation sites excluding steroid dienone is 6. The lowest BCUT2D eigenvalue weighted by Crippen LogP contribution is -2.31. The average Bonchev–Trinajstić information content (AvgIpc) is 3.59. The fourth-order valence-electron chi connectivity index (χ4n) is 8.68. The van der Waals surface area contributed by atoms with Crippen molar-refractivity contribution in [2.75, 3.05) is 4.90 Å². The van der Waals surface area contributed by atoms with Gasteiger partial charge in [-0.2, -0.15) is 0 Å². The van der Waals surface area contributed by atoms with Crippen LogP contribution in [-0.4, -0.2) is 0 Å². The number of hydrogen-bond donors (Lipinski definition) is 0. The van der Waals surface area contributed by atoms with Crippen LogP contribution in [0.2, 0.25) is 0 Å². The van der Waals surface area contributed by atoms with E-state index in [1.807, 2.05) is 0 Å². The van der Waals surface area contributed by atoms with Crippen molar-refractivity contribution in [2.24, 2.45) is 0 Å². The Morgan fingerprint density at radius 1 is 0.481 bits per heavy atom. The molecule has 0 spiro atoms. The minimum atomic E-state index is -0.702. The maximum Gasteiger partial charge on any atom is 0.142 e. The Bertz CT molecular complexity index is 2670. The molecule has 0 atom stereocenters. The molecule has 0 radical (unpaired) electrons. The van der Waals surface area contributed by atoms with E-state index in [0.29, 0.717) is 0 Å². The lowest BCUT2D eigenvalue weighted by molar-refractivity contribution is 0.648. The lowest BCUT2D eigenvalue weighted by Gasteiger charge is -2.38. The third-order valence-corrected chi connectivity index (χ3v) is 10.8. The second kappa shape index (κ2) is 12.3. The van der Waals surface area contributed by atoms with Crippen LogP contribution >= 0.6 is 0 Å². The van der Waals surface area contributed by atoms with Crippen molar-refractivity contribution in [2.45, 2.75) is 11.8 Å². The van der Waals surface area contributed by atoms with Gasteiger partial charge in [-0.1, -0.05) is 164 Å². The highest BCUT2D eigenvalue weighted by Crippen LogP contribution is 2.60. The highest BCUT2D eigenvalue weighted by atomic mass is 16.3. The quantitative estimate of drug-likeness (QED) is 0.176. The van der Waals surface area contributed by atoms with E-state index in [2.05, 4.69) is 205 Å². The largest absolute Gasteiger partial charge is 0.456 e. The van der Waals surface area contributed by atoms with Crippen LogP contribution in [0.15, 0.2) is 205 Å². The summed E-state index contributed by atoms with van der Waals surface area (Å²) < 4.78 is 7.14. The summed E-state index contributed by atoms with van der Waals surface area (Å²) in [5.74, 6) is 0. The molecule has 1 heterocycles. The first-order valence-electron chi connectivity index (χ1n) is 18.0. The smallest absolute Gasteiger partial charge is 0.142 e. The van der Waals surface area contributed by atoms with Gasteiger partial charge in [0.2, 0.25) is 0 Å². The third-order valence-electron chi connectivity index (χ3n) is 10.8. The summed E-state index contributed by atoms with van der Waals surface area (Å²) in [6, 6.07) is 61.6. The van der Waals surface area contributed by atoms with Crippen molar-refractivity contribution in [1.29, 1.82) is 0 Å². The third kappa shape index (κ3) is 4.51. The Morgan fingerprint density at radius 2 is 1.12 bits per heavy atom. The standard InChI is InChI=1S/C50H35NO/c1-2-6-20-35(19-5-1)38-25-13-17-31-45(38)51(37-23-9-4-10-24-37)46-34-33-42-41-28-14-18-32-47(41)52-49(42)48(46)50(36-21-7-3-8-22-36)43-29-15-11-26-39(43)40-27-12-16-30-44(40)50/h1-19,21-34H,20H2. The summed E-state index contributed by atoms with van der Waals surface area (Å²) in [6.07, 6.45) is 11.7. The first-order chi connectivity index (χ1) is 25.8. The molecule has 2 heteroatoms. The zero-order valence-corrected chi connectivity index (χ0v) is 28.6. The predicted molar refractivity (Wildman–Crippen MR) is 217 cm³/mol. The Morgan fingerprint density at radius 3 is 1.88 bits per heavy atom. The molecule has 8 aromatic rings. The van der Waals surface area contributed by atoms with Gasteiger partial charge >= 0.3 is 0 Å². The molecule has 2 nitrogen and oxygen atoms in total. The normalized spacial score (nSPS) is 14.2. The fourth-order valence-corrected chi connectivity index (χ4v) is 8.68. The van der Waals surface area contributed by atoms with Crippen molar-refractivity contribution in [3.8, 4) is 11.1 Å². The lowest BCUT2D eigenvalue weighted by atomic mass is 9.66. The van der Waals surface area contributed by atoms with Crippen molar-refractivity contribution in [3.63, 3.8) is 0 Å². The number of furan rings is 1. The van der Waals surface area contributed by atoms with E-state index in [1.54, 1.807) is 0 Å². The average molecular weight is 666 g/mol. The molecule has 246 valence electrons. The highest BCUT2D eigenvalue weighted by molar-refractivity contribution is 6.10. The van der Waals surface area contributed by atoms with Gasteiger partial charge < -0.3 is 9.32 Å². The molecule has 0 saturated heterocycles. The summed E-state index contributed by atoms with van der Waals surface area (Å²) in [5.41, 5.74) is 14.1. The number of fused-ring (bicyclic) bond motifs is 6. The number of nitrogens with zero attached hydrogens (tertiary/aromatic N) is 1. The van der Waals surface area contributed by atoms with Gasteiger partial charge in [0.25, 0.3) is 0 Å². The molecule has 0 bridgehead atoms. The molecule has 0 unspecified atom stereocenters. The topological polar surface area (TPSA) is 16.4 Å². The SMILES string of the molecule is C1=CC=C(c2ccccc2N(c2ccccc2)c2ccc3c(oc4ccccc43)c2C2(c3ccccc3)c3ccccc3-c3ccccc32)CC=C1. The molecule has 10 rings (SSSR count). The molecular weight excluding hydrogens is 631 g/mol. The van der Waals surface area contributed by atoms with Crippen molar-refractivity contribution in [3.05, 3.63) is 228 Å². The van der Waals surface area contributed by atoms with E-state index in [9.17, 15) is 0 Å². The highest BCUT2D eigenvalue weighted by Gasteiger charge is 2.49. The van der Waals surface area contributed by atoms with Gasteiger partial charge in [0, 0.05) is 27.6 Å². The second-order valence-corrected chi connectivity index (χ2v) is 13.5. The molecule has 2 aliphatic rings. The van der Waals surface area contributed by atoms with E-state index in [-0.39, 0.29) is 0 Å². The molecule has 1 aromatic heterocycles. The molecule has 0 fully saturated rings. The van der Waals surface area contributed by atoms with E-state index >= 15 is 0 Å². The van der Waals surface area contributed by atoms with Crippen LogP contribution < -0.4 is 4.90 Å². The van der Waals surface area contributed by atoms with Crippen LogP contribution in [0, 0.1) is 0 Å². The zero-order chi connectivity index (χ0) is 34.5. The Balaban J connectivity index is 1.40. The summed E-state index contributed by atoms with van der Waals surface area (Å²) in [4.78, 5) is 2.46. The molecule has 0 amide bonds. The summed E-state index contributed by atoms with van der Waals surface area (Å²) in [5, 5.41) is 2.22. The maximum absolute atomic E-state index is 7.14. The number of para-hydroxylation sites is 3. The number of hydrogen-bond acceptors (Lipinski definition) is 2. The molecule has 0 N–H and O–H groups in total. The Kier molecular flexibility index (Phi) is 7.14. The van der Waals surface area contributed by atoms with Gasteiger partial charge in [-0.15, -0.1) is 0 Å². The predicted octanol–water partition coefficient (Wildman–Crippen LogP) is 13.3. The van der Waals surface area contributed by atoms with Gasteiger partial charge in [0.15, 0.2) is 0 Å². The van der Waals surface area contributed by atoms with Gasteiger partial charge in [-0.25, -0.2) is 0 Å². The van der Waals surface area contributed by atoms with E-state index in [1.165, 1.54) is 39.0 Å². The molecule has 2 aliphatic carbocycles. The zero-order valence-electron chi connectivity index (χ0n) is 28.6. The van der Waals surface area contributed by atoms with Gasteiger partial charge in [0.05, 0.1) is 16.8 Å². The Hall–Kier alpha value is -6.64. The van der Waals surface area contributed by atoms with Crippen molar-refractivity contribution < 1.29 is 4.42 Å². The van der Waals surface area contributed by atoms with E-state index in [4.69, 9.17) is 4.42 Å². The Labute approximate surface area is 303 Å². The summed E-state index contributed by atoms with van der Waals surface area (Å²) in [6.45, 7) is 0. The van der Waals surface area contributed by atoms with Gasteiger partial charge in [-0.05, 0) is 76.2 Å². The van der Waals surface area contributed by atoms with Crippen molar-refractivity contribution in [1.82, 2.24) is 0 Å². The summed E-state index contributed by atoms with van der Waals surface area (Å²) >= 11 is 0. The molecule has 0 saturated carbocycles. The van der Waals surface area contributed by atoms with E-state index in [0.717, 1.165) is 51.0 Å². The number of benzene rings is 7. The molecular formula is C50H35NO. The molecule has 52 heavy (non-hydrogen) atoms. The van der Waals surface area contributed by atoms with Gasteiger partial charge in [0.1, 0.15) is 11.2 Å². The van der Waals surface area contributed by atoms with Crippen LogP contribution in [-0.2, 0) is 5.41 Å². The second-order valence-electron chi connectivity index (χ2n) is 13.5. The van der Waals surface area contributed by atoms with Crippen LogP contribution in [0.1, 0.15) is 34.2 Å². The maximum atomic E-state index is 7.14. The van der Waals surface area contributed by atoms with Crippen LogP contribution in [0.5, 0.6) is 0 Å². The molecule has 0 aliphatic heterocycles. The fraction of sp³-hybridized carbons (Fsp3) is 0.0400. The monoisotopic (exact) mass is 665 g/mol. The summed E-state index contributed by atoms with van der Waals surface area (Å²) in [7, 11) is 0. The van der Waals surface area contributed by atoms with E-state index < -0.39 is 5.41 Å². The van der Waals surface area contributed by atoms with Crippen LogP contribution in [0.3, 0.4) is 0 Å². The van der Waals surface area contributed by atoms with Crippen molar-refractivity contribution >= 4 is 44.6 Å². The number of anilines is 3. The minimum absolute atomic E-state index is 0.702. The van der Waals surface area contributed by atoms with Gasteiger partial charge in [-0.3, -0.25) is 0 Å². The minimum Gasteiger partial charge on any atom is -0.456 e.